The zero-order chi connectivity index (χ0) is 15.4. The Morgan fingerprint density at radius 2 is 1.71 bits per heavy atom. The maximum atomic E-state index is 13.0. The second kappa shape index (κ2) is 7.10. The number of carboxylic acid groups (broad SMARTS) is 1. The maximum Gasteiger partial charge on any atom is 0.307 e. The predicted octanol–water partition coefficient (Wildman–Crippen LogP) is 3.08. The Hall–Kier alpha value is -1.32. The maximum absolute atomic E-state index is 13.0. The molecule has 4 heteroatoms. The third kappa shape index (κ3) is 3.86. The quantitative estimate of drug-likeness (QED) is 0.792. The van der Waals surface area contributed by atoms with Crippen LogP contribution in [0.2, 0.25) is 0 Å². The van der Waals surface area contributed by atoms with Gasteiger partial charge < -0.3 is 10.0 Å². The molecule has 118 valence electrons. The molecule has 2 aliphatic rings. The number of allylic oxidation sites excluding steroid dienone is 2. The molecule has 0 saturated heterocycles. The Kier molecular flexibility index (Phi) is 5.43. The molecule has 1 saturated carbocycles. The van der Waals surface area contributed by atoms with Gasteiger partial charge in [0.2, 0.25) is 5.91 Å². The van der Waals surface area contributed by atoms with Crippen LogP contribution in [0.15, 0.2) is 12.2 Å². The van der Waals surface area contributed by atoms with Crippen LogP contribution in [-0.2, 0) is 9.59 Å². The largest absolute Gasteiger partial charge is 0.481 e. The van der Waals surface area contributed by atoms with E-state index in [0.29, 0.717) is 24.8 Å². The smallest absolute Gasteiger partial charge is 0.307 e. The minimum Gasteiger partial charge on any atom is -0.481 e. The molecule has 21 heavy (non-hydrogen) atoms. The molecule has 0 radical (unpaired) electrons. The Morgan fingerprint density at radius 1 is 1.14 bits per heavy atom. The number of carbonyl (C=O) groups excluding carboxylic acids is 1. The number of carboxylic acids is 1. The molecule has 0 aliphatic heterocycles. The molecule has 2 aliphatic carbocycles. The van der Waals surface area contributed by atoms with Crippen molar-refractivity contribution in [3.05, 3.63) is 12.2 Å². The van der Waals surface area contributed by atoms with Crippen LogP contribution >= 0.6 is 0 Å². The molecule has 1 N–H and O–H groups in total. The Labute approximate surface area is 127 Å². The summed E-state index contributed by atoms with van der Waals surface area (Å²) in [4.78, 5) is 26.4. The van der Waals surface area contributed by atoms with Gasteiger partial charge in [0.15, 0.2) is 0 Å². The highest BCUT2D eigenvalue weighted by atomic mass is 16.4. The monoisotopic (exact) mass is 293 g/mol. The van der Waals surface area contributed by atoms with Gasteiger partial charge in [0.05, 0.1) is 11.8 Å². The van der Waals surface area contributed by atoms with Gasteiger partial charge >= 0.3 is 5.97 Å². The van der Waals surface area contributed by atoms with E-state index in [1.54, 1.807) is 0 Å². The Bertz CT molecular complexity index is 410. The van der Waals surface area contributed by atoms with Crippen molar-refractivity contribution in [3.8, 4) is 0 Å². The summed E-state index contributed by atoms with van der Waals surface area (Å²) in [5, 5.41) is 9.38. The lowest BCUT2D eigenvalue weighted by atomic mass is 9.81. The molecule has 1 fully saturated rings. The SMILES string of the molecule is CC(C)CN(C(=O)[C@@H]1CC=CC[C@@H]1C(=O)O)C1CCCC1. The van der Waals surface area contributed by atoms with Crippen molar-refractivity contribution in [3.63, 3.8) is 0 Å². The van der Waals surface area contributed by atoms with E-state index >= 15 is 0 Å². The summed E-state index contributed by atoms with van der Waals surface area (Å²) in [7, 11) is 0. The van der Waals surface area contributed by atoms with Crippen molar-refractivity contribution in [2.24, 2.45) is 17.8 Å². The normalized spacial score (nSPS) is 26.2. The van der Waals surface area contributed by atoms with Crippen LogP contribution in [0.25, 0.3) is 0 Å². The van der Waals surface area contributed by atoms with Crippen LogP contribution in [0.4, 0.5) is 0 Å². The van der Waals surface area contributed by atoms with Crippen LogP contribution in [-0.4, -0.2) is 34.5 Å². The molecular weight excluding hydrogens is 266 g/mol. The van der Waals surface area contributed by atoms with Gasteiger partial charge in [-0.25, -0.2) is 0 Å². The number of amides is 1. The second-order valence-electron chi connectivity index (χ2n) is 6.82. The summed E-state index contributed by atoms with van der Waals surface area (Å²) in [5.41, 5.74) is 0. The number of aliphatic carboxylic acids is 1. The fraction of sp³-hybridized carbons (Fsp3) is 0.765. The van der Waals surface area contributed by atoms with Crippen molar-refractivity contribution in [1.29, 1.82) is 0 Å². The third-order valence-corrected chi connectivity index (χ3v) is 4.68. The first-order chi connectivity index (χ1) is 10.0. The molecule has 0 aromatic carbocycles. The average Bonchev–Trinajstić information content (AvgIpc) is 2.97. The van der Waals surface area contributed by atoms with Gasteiger partial charge in [0, 0.05) is 12.6 Å². The van der Waals surface area contributed by atoms with Crippen LogP contribution in [0.3, 0.4) is 0 Å². The van der Waals surface area contributed by atoms with Gasteiger partial charge in [0.25, 0.3) is 0 Å². The van der Waals surface area contributed by atoms with Crippen LogP contribution in [0, 0.1) is 17.8 Å². The Morgan fingerprint density at radius 3 is 2.24 bits per heavy atom. The number of hydrogen-bond donors (Lipinski definition) is 1. The first-order valence-electron chi connectivity index (χ1n) is 8.19. The molecular formula is C17H27NO3. The summed E-state index contributed by atoms with van der Waals surface area (Å²) < 4.78 is 0. The standard InChI is InChI=1S/C17H27NO3/c1-12(2)11-18(13-7-3-4-8-13)16(19)14-9-5-6-10-15(14)17(20)21/h5-6,12-15H,3-4,7-11H2,1-2H3,(H,20,21)/t14-,15+/m1/s1. The van der Waals surface area contributed by atoms with E-state index in [2.05, 4.69) is 13.8 Å². The van der Waals surface area contributed by atoms with E-state index in [1.165, 1.54) is 12.8 Å². The summed E-state index contributed by atoms with van der Waals surface area (Å²) in [6.07, 6.45) is 9.40. The predicted molar refractivity (Wildman–Crippen MR) is 81.8 cm³/mol. The molecule has 0 aromatic heterocycles. The minimum atomic E-state index is -0.839. The first-order valence-corrected chi connectivity index (χ1v) is 8.19. The van der Waals surface area contributed by atoms with Gasteiger partial charge in [-0.05, 0) is 31.6 Å². The number of hydrogen-bond acceptors (Lipinski definition) is 2. The lowest BCUT2D eigenvalue weighted by molar-refractivity contribution is -0.151. The van der Waals surface area contributed by atoms with Crippen molar-refractivity contribution in [2.75, 3.05) is 6.54 Å². The molecule has 0 bridgehead atoms. The molecule has 2 atom stereocenters. The minimum absolute atomic E-state index is 0.0624. The molecule has 0 heterocycles. The van der Waals surface area contributed by atoms with E-state index in [1.807, 2.05) is 17.1 Å². The van der Waals surface area contributed by atoms with E-state index < -0.39 is 11.9 Å². The number of nitrogens with zero attached hydrogens (tertiary/aromatic N) is 1. The highest BCUT2D eigenvalue weighted by Crippen LogP contribution is 2.31. The van der Waals surface area contributed by atoms with Crippen molar-refractivity contribution >= 4 is 11.9 Å². The molecule has 4 nitrogen and oxygen atoms in total. The molecule has 0 aromatic rings. The van der Waals surface area contributed by atoms with Crippen molar-refractivity contribution in [2.45, 2.75) is 58.4 Å². The van der Waals surface area contributed by atoms with E-state index in [0.717, 1.165) is 19.4 Å². The average molecular weight is 293 g/mol. The Balaban J connectivity index is 2.15. The summed E-state index contributed by atoms with van der Waals surface area (Å²) in [6.45, 7) is 4.98. The molecule has 0 spiro atoms. The van der Waals surface area contributed by atoms with Crippen LogP contribution < -0.4 is 0 Å². The van der Waals surface area contributed by atoms with E-state index in [4.69, 9.17) is 0 Å². The van der Waals surface area contributed by atoms with E-state index in [9.17, 15) is 14.7 Å². The fourth-order valence-electron chi connectivity index (χ4n) is 3.60. The molecule has 0 unspecified atom stereocenters. The van der Waals surface area contributed by atoms with Crippen LogP contribution in [0.5, 0.6) is 0 Å². The van der Waals surface area contributed by atoms with Gasteiger partial charge in [-0.3, -0.25) is 9.59 Å². The second-order valence-corrected chi connectivity index (χ2v) is 6.82. The highest BCUT2D eigenvalue weighted by Gasteiger charge is 2.38. The lowest BCUT2D eigenvalue weighted by Gasteiger charge is -2.36. The topological polar surface area (TPSA) is 57.6 Å². The van der Waals surface area contributed by atoms with Gasteiger partial charge in [-0.2, -0.15) is 0 Å². The fourth-order valence-corrected chi connectivity index (χ4v) is 3.60. The number of rotatable bonds is 5. The molecule has 2 rings (SSSR count). The summed E-state index contributed by atoms with van der Waals surface area (Å²) >= 11 is 0. The van der Waals surface area contributed by atoms with Crippen molar-refractivity contribution < 1.29 is 14.7 Å². The first kappa shape index (κ1) is 16.1. The third-order valence-electron chi connectivity index (χ3n) is 4.68. The van der Waals surface area contributed by atoms with Gasteiger partial charge in [-0.1, -0.05) is 38.8 Å². The van der Waals surface area contributed by atoms with E-state index in [-0.39, 0.29) is 11.8 Å². The zero-order valence-corrected chi connectivity index (χ0v) is 13.1. The molecule has 1 amide bonds. The zero-order valence-electron chi connectivity index (χ0n) is 13.1. The number of carbonyl (C=O) groups is 2. The van der Waals surface area contributed by atoms with Crippen molar-refractivity contribution in [1.82, 2.24) is 4.90 Å². The van der Waals surface area contributed by atoms with Crippen LogP contribution in [0.1, 0.15) is 52.4 Å². The van der Waals surface area contributed by atoms with Gasteiger partial charge in [-0.15, -0.1) is 0 Å². The summed E-state index contributed by atoms with van der Waals surface area (Å²) in [6, 6.07) is 0.320. The van der Waals surface area contributed by atoms with Gasteiger partial charge in [0.1, 0.15) is 0 Å². The highest BCUT2D eigenvalue weighted by molar-refractivity contribution is 5.85. The summed E-state index contributed by atoms with van der Waals surface area (Å²) in [5.74, 6) is -1.30. The lowest BCUT2D eigenvalue weighted by Crippen LogP contribution is -2.47.